The number of hydrogen-bond donors (Lipinski definition) is 1. The Morgan fingerprint density at radius 3 is 2.12 bits per heavy atom. The number of benzene rings is 4. The Hall–Kier alpha value is -5.37. The maximum absolute atomic E-state index is 13.4. The van der Waals surface area contributed by atoms with E-state index in [4.69, 9.17) is 4.55 Å². The summed E-state index contributed by atoms with van der Waals surface area (Å²) in [7, 11) is -5.71. The molecule has 0 unspecified atom stereocenters. The van der Waals surface area contributed by atoms with Crippen molar-refractivity contribution in [3.63, 3.8) is 0 Å². The van der Waals surface area contributed by atoms with Crippen molar-refractivity contribution in [2.45, 2.75) is 18.7 Å². The molecule has 3 aromatic heterocycles. The number of pyridine rings is 2. The zero-order valence-electron chi connectivity index (χ0n) is 27.1. The number of imidazole rings is 1. The highest BCUT2D eigenvalue weighted by molar-refractivity contribution is 7.92. The highest BCUT2D eigenvalue weighted by atomic mass is 32.2. The minimum Gasteiger partial charge on any atom is -0.293 e. The van der Waals surface area contributed by atoms with Crippen LogP contribution in [0.15, 0.2) is 119 Å². The first-order valence-corrected chi connectivity index (χ1v) is 18.5. The van der Waals surface area contributed by atoms with Crippen LogP contribution in [0.25, 0.3) is 49.7 Å². The summed E-state index contributed by atoms with van der Waals surface area (Å²) in [4.78, 5) is 22.6. The van der Waals surface area contributed by atoms with Gasteiger partial charge in [-0.25, -0.2) is 13.2 Å². The van der Waals surface area contributed by atoms with E-state index in [-0.39, 0.29) is 10.6 Å². The molecule has 7 rings (SSSR count). The summed E-state index contributed by atoms with van der Waals surface area (Å²) in [5.41, 5.74) is 7.00. The van der Waals surface area contributed by atoms with Gasteiger partial charge in [0, 0.05) is 36.1 Å². The quantitative estimate of drug-likeness (QED) is 0.205. The van der Waals surface area contributed by atoms with Crippen LogP contribution in [-0.4, -0.2) is 53.3 Å². The normalized spacial score (nSPS) is 11.9. The molecule has 0 aliphatic carbocycles. The van der Waals surface area contributed by atoms with Gasteiger partial charge in [-0.1, -0.05) is 42.0 Å². The van der Waals surface area contributed by atoms with Crippen LogP contribution in [0, 0.1) is 6.92 Å². The van der Waals surface area contributed by atoms with Gasteiger partial charge in [0.15, 0.2) is 0 Å². The molecule has 0 fully saturated rings. The van der Waals surface area contributed by atoms with E-state index in [0.29, 0.717) is 23.4 Å². The van der Waals surface area contributed by atoms with Crippen LogP contribution in [0.4, 0.5) is 5.69 Å². The van der Waals surface area contributed by atoms with Gasteiger partial charge in [0.25, 0.3) is 10.1 Å². The monoisotopic (exact) mass is 695 g/mol. The summed E-state index contributed by atoms with van der Waals surface area (Å²) >= 11 is 0. The van der Waals surface area contributed by atoms with Gasteiger partial charge in [-0.3, -0.25) is 28.0 Å². The summed E-state index contributed by atoms with van der Waals surface area (Å²) < 4.78 is 58.5. The Morgan fingerprint density at radius 2 is 1.47 bits per heavy atom. The summed E-state index contributed by atoms with van der Waals surface area (Å²) in [6, 6.07) is 29.1. The van der Waals surface area contributed by atoms with Crippen LogP contribution in [0.1, 0.15) is 12.5 Å². The highest BCUT2D eigenvalue weighted by Gasteiger charge is 2.19. The second-order valence-corrected chi connectivity index (χ2v) is 14.9. The molecule has 1 N–H and O–H groups in total. The second kappa shape index (κ2) is 12.9. The van der Waals surface area contributed by atoms with Gasteiger partial charge in [0.1, 0.15) is 0 Å². The van der Waals surface area contributed by atoms with Crippen molar-refractivity contribution in [2.24, 2.45) is 7.05 Å². The van der Waals surface area contributed by atoms with Gasteiger partial charge >= 0.3 is 5.69 Å². The van der Waals surface area contributed by atoms with Crippen molar-refractivity contribution in [2.75, 3.05) is 17.1 Å². The number of aromatic nitrogens is 4. The lowest BCUT2D eigenvalue weighted by molar-refractivity contribution is 0.483. The van der Waals surface area contributed by atoms with Crippen molar-refractivity contribution in [3.05, 3.63) is 126 Å². The molecule has 7 aromatic rings. The van der Waals surface area contributed by atoms with Gasteiger partial charge in [0.2, 0.25) is 10.0 Å². The topological polar surface area (TPSA) is 144 Å². The Labute approximate surface area is 283 Å². The maximum Gasteiger partial charge on any atom is 0.333 e. The van der Waals surface area contributed by atoms with E-state index in [9.17, 15) is 21.6 Å². The van der Waals surface area contributed by atoms with Crippen molar-refractivity contribution in [1.29, 1.82) is 0 Å². The first-order valence-electron chi connectivity index (χ1n) is 15.2. The van der Waals surface area contributed by atoms with Gasteiger partial charge < -0.3 is 0 Å². The predicted molar refractivity (Wildman–Crippen MR) is 193 cm³/mol. The van der Waals surface area contributed by atoms with E-state index < -0.39 is 20.1 Å². The SMILES string of the molecule is CCN(c1ccc(-n2c(=O)n(C)c3cnc4ccc(-c5cnc6ccccc6c5)cc4c32)cc1)S(C)(=O)=O.Cc1ccc(S(=O)(=O)O)cc1. The van der Waals surface area contributed by atoms with Crippen LogP contribution < -0.4 is 9.99 Å². The predicted octanol–water partition coefficient (Wildman–Crippen LogP) is 6.12. The number of anilines is 1. The number of nitrogens with zero attached hydrogens (tertiary/aromatic N) is 5. The lowest BCUT2D eigenvalue weighted by atomic mass is 10.0. The molecule has 0 amide bonds. The molecule has 49 heavy (non-hydrogen) atoms. The molecular weight excluding hydrogens is 663 g/mol. The number of sulfonamides is 1. The number of para-hydroxylation sites is 1. The molecule has 0 saturated carbocycles. The molecule has 250 valence electrons. The fraction of sp³-hybridized carbons (Fsp3) is 0.139. The standard InChI is InChI=1S/C29H25N5O3S.C7H8O3S/c1-4-33(38(3,36)37)22-10-12-23(13-11-22)34-28-24-16-19(21-15-20-7-5-6-8-25(20)30-17-21)9-14-26(24)31-18-27(28)32(2)29(34)35;1-6-2-4-7(5-3-6)11(8,9)10/h5-18H,4H2,1-3H3;2-5H,1H3,(H,8,9,10). The van der Waals surface area contributed by atoms with E-state index in [1.807, 2.05) is 55.6 Å². The van der Waals surface area contributed by atoms with Crippen LogP contribution >= 0.6 is 0 Å². The van der Waals surface area contributed by atoms with Crippen molar-refractivity contribution in [3.8, 4) is 16.8 Å². The van der Waals surface area contributed by atoms with Crippen molar-refractivity contribution in [1.82, 2.24) is 19.1 Å². The van der Waals surface area contributed by atoms with Crippen LogP contribution in [0.3, 0.4) is 0 Å². The van der Waals surface area contributed by atoms with Gasteiger partial charge in [-0.05, 0) is 80.1 Å². The lowest BCUT2D eigenvalue weighted by Crippen LogP contribution is -2.29. The summed E-state index contributed by atoms with van der Waals surface area (Å²) in [5.74, 6) is 0. The fourth-order valence-corrected chi connectivity index (χ4v) is 7.19. The van der Waals surface area contributed by atoms with E-state index >= 15 is 0 Å². The van der Waals surface area contributed by atoms with Gasteiger partial charge in [-0.2, -0.15) is 8.42 Å². The van der Waals surface area contributed by atoms with E-state index in [0.717, 1.165) is 44.0 Å². The third kappa shape index (κ3) is 6.68. The summed E-state index contributed by atoms with van der Waals surface area (Å²) in [6.45, 7) is 3.94. The molecule has 0 spiro atoms. The minimum atomic E-state index is -4.02. The molecule has 0 aliphatic rings. The zero-order valence-corrected chi connectivity index (χ0v) is 28.8. The minimum absolute atomic E-state index is 0.0666. The molecule has 0 saturated heterocycles. The number of aryl methyl sites for hydroxylation is 2. The third-order valence-electron chi connectivity index (χ3n) is 8.21. The fourth-order valence-electron chi connectivity index (χ4n) is 5.73. The molecule has 0 bridgehead atoms. The third-order valence-corrected chi connectivity index (χ3v) is 10.3. The largest absolute Gasteiger partial charge is 0.333 e. The molecular formula is C36H33N5O6S2. The maximum atomic E-state index is 13.4. The first kappa shape index (κ1) is 33.5. The molecule has 3 heterocycles. The smallest absolute Gasteiger partial charge is 0.293 e. The second-order valence-electron chi connectivity index (χ2n) is 11.5. The molecule has 4 aromatic carbocycles. The summed E-state index contributed by atoms with van der Waals surface area (Å²) in [5, 5.41) is 1.88. The molecule has 0 radical (unpaired) electrons. The Bertz CT molecular complexity index is 2630. The van der Waals surface area contributed by atoms with E-state index in [1.165, 1.54) is 22.7 Å². The average Bonchev–Trinajstić information content (AvgIpc) is 3.33. The lowest BCUT2D eigenvalue weighted by Gasteiger charge is -2.20. The Balaban J connectivity index is 0.000000324. The Morgan fingerprint density at radius 1 is 0.796 bits per heavy atom. The highest BCUT2D eigenvalue weighted by Crippen LogP contribution is 2.31. The number of fused-ring (bicyclic) bond motifs is 4. The van der Waals surface area contributed by atoms with Crippen LogP contribution in [0.2, 0.25) is 0 Å². The summed E-state index contributed by atoms with van der Waals surface area (Å²) in [6.07, 6.45) is 4.75. The Kier molecular flexibility index (Phi) is 8.84. The average molecular weight is 696 g/mol. The van der Waals surface area contributed by atoms with Crippen molar-refractivity contribution >= 4 is 58.7 Å². The first-order chi connectivity index (χ1) is 23.3. The molecule has 11 nitrogen and oxygen atoms in total. The van der Waals surface area contributed by atoms with Crippen LogP contribution in [-0.2, 0) is 27.2 Å². The van der Waals surface area contributed by atoms with E-state index in [2.05, 4.69) is 16.0 Å². The van der Waals surface area contributed by atoms with Crippen LogP contribution in [0.5, 0.6) is 0 Å². The zero-order chi connectivity index (χ0) is 35.1. The van der Waals surface area contributed by atoms with Gasteiger partial charge in [0.05, 0.1) is 50.8 Å². The number of hydrogen-bond acceptors (Lipinski definition) is 7. The van der Waals surface area contributed by atoms with E-state index in [1.54, 1.807) is 65.7 Å². The van der Waals surface area contributed by atoms with Crippen molar-refractivity contribution < 1.29 is 21.4 Å². The molecule has 13 heteroatoms. The molecule has 0 aliphatic heterocycles. The van der Waals surface area contributed by atoms with Gasteiger partial charge in [-0.15, -0.1) is 0 Å². The number of rotatable bonds is 6. The molecule has 0 atom stereocenters.